The molecule has 1 aromatic carbocycles. The van der Waals surface area contributed by atoms with Gasteiger partial charge in [-0.15, -0.1) is 0 Å². The number of likely N-dealkylation sites (N-methyl/N-ethyl adjacent to an activating group) is 1. The molecule has 1 rings (SSSR count). The number of rotatable bonds is 5. The zero-order valence-corrected chi connectivity index (χ0v) is 9.92. The summed E-state index contributed by atoms with van der Waals surface area (Å²) >= 11 is 6.11. The Labute approximate surface area is 95.8 Å². The molecule has 0 amide bonds. The monoisotopic (exact) mass is 228 g/mol. The Bertz CT molecular complexity index is 317. The number of methoxy groups -OCH3 is 1. The van der Waals surface area contributed by atoms with Crippen molar-refractivity contribution in [1.82, 2.24) is 4.90 Å². The summed E-state index contributed by atoms with van der Waals surface area (Å²) in [4.78, 5) is 2.11. The minimum Gasteiger partial charge on any atom is -0.496 e. The van der Waals surface area contributed by atoms with Gasteiger partial charge < -0.3 is 15.4 Å². The van der Waals surface area contributed by atoms with Gasteiger partial charge in [-0.2, -0.15) is 0 Å². The fraction of sp³-hybridized carbons (Fsp3) is 0.455. The molecule has 0 atom stereocenters. The predicted octanol–water partition coefficient (Wildman–Crippen LogP) is 1.74. The second-order valence-electron chi connectivity index (χ2n) is 3.45. The van der Waals surface area contributed by atoms with E-state index in [0.29, 0.717) is 6.54 Å². The summed E-state index contributed by atoms with van der Waals surface area (Å²) in [6, 6.07) is 5.67. The van der Waals surface area contributed by atoms with E-state index in [1.807, 2.05) is 25.2 Å². The lowest BCUT2D eigenvalue weighted by atomic mass is 10.2. The second kappa shape index (κ2) is 5.95. The molecule has 0 aliphatic heterocycles. The molecule has 0 aromatic heterocycles. The Hall–Kier alpha value is -0.770. The van der Waals surface area contributed by atoms with Crippen molar-refractivity contribution >= 4 is 11.6 Å². The highest BCUT2D eigenvalue weighted by molar-refractivity contribution is 6.31. The van der Waals surface area contributed by atoms with Crippen LogP contribution < -0.4 is 10.5 Å². The predicted molar refractivity (Wildman–Crippen MR) is 63.4 cm³/mol. The highest BCUT2D eigenvalue weighted by atomic mass is 35.5. The standard InChI is InChI=1S/C11H17ClN2O/c1-14(7-6-13)8-9-10(12)4-3-5-11(9)15-2/h3-5H,6-8,13H2,1-2H3. The SMILES string of the molecule is COc1cccc(Cl)c1CN(C)CCN. The van der Waals surface area contributed by atoms with Crippen molar-refractivity contribution in [3.05, 3.63) is 28.8 Å². The van der Waals surface area contributed by atoms with E-state index in [9.17, 15) is 0 Å². The smallest absolute Gasteiger partial charge is 0.124 e. The van der Waals surface area contributed by atoms with Crippen LogP contribution in [-0.4, -0.2) is 32.1 Å². The highest BCUT2D eigenvalue weighted by Crippen LogP contribution is 2.27. The molecule has 84 valence electrons. The van der Waals surface area contributed by atoms with Crippen LogP contribution in [0.15, 0.2) is 18.2 Å². The molecule has 1 aromatic rings. The van der Waals surface area contributed by atoms with Crippen LogP contribution in [0.25, 0.3) is 0 Å². The Morgan fingerprint density at radius 3 is 2.80 bits per heavy atom. The molecule has 2 N–H and O–H groups in total. The van der Waals surface area contributed by atoms with Gasteiger partial charge in [0.15, 0.2) is 0 Å². The molecule has 0 saturated carbocycles. The summed E-state index contributed by atoms with van der Waals surface area (Å²) in [5, 5.41) is 0.734. The summed E-state index contributed by atoms with van der Waals surface area (Å²) in [5.41, 5.74) is 6.50. The minimum atomic E-state index is 0.642. The first-order chi connectivity index (χ1) is 7.19. The Morgan fingerprint density at radius 2 is 2.20 bits per heavy atom. The van der Waals surface area contributed by atoms with Crippen LogP contribution >= 0.6 is 11.6 Å². The van der Waals surface area contributed by atoms with Crippen molar-refractivity contribution in [2.24, 2.45) is 5.73 Å². The lowest BCUT2D eigenvalue weighted by Gasteiger charge is -2.18. The highest BCUT2D eigenvalue weighted by Gasteiger charge is 2.09. The molecular formula is C11H17ClN2O. The van der Waals surface area contributed by atoms with Crippen molar-refractivity contribution in [3.8, 4) is 5.75 Å². The van der Waals surface area contributed by atoms with Crippen LogP contribution in [0.5, 0.6) is 5.75 Å². The number of halogens is 1. The van der Waals surface area contributed by atoms with Crippen molar-refractivity contribution in [2.75, 3.05) is 27.2 Å². The van der Waals surface area contributed by atoms with Crippen LogP contribution in [0.4, 0.5) is 0 Å². The van der Waals surface area contributed by atoms with Gasteiger partial charge >= 0.3 is 0 Å². The molecule has 0 radical (unpaired) electrons. The van der Waals surface area contributed by atoms with Crippen molar-refractivity contribution in [3.63, 3.8) is 0 Å². The lowest BCUT2D eigenvalue weighted by molar-refractivity contribution is 0.325. The first kappa shape index (κ1) is 12.3. The zero-order chi connectivity index (χ0) is 11.3. The summed E-state index contributed by atoms with van der Waals surface area (Å²) in [6.45, 7) is 2.23. The minimum absolute atomic E-state index is 0.642. The molecule has 0 unspecified atom stereocenters. The zero-order valence-electron chi connectivity index (χ0n) is 9.16. The van der Waals surface area contributed by atoms with Crippen molar-refractivity contribution in [1.29, 1.82) is 0 Å². The molecule has 0 fully saturated rings. The normalized spacial score (nSPS) is 10.7. The van der Waals surface area contributed by atoms with Gasteiger partial charge in [-0.25, -0.2) is 0 Å². The molecule has 3 nitrogen and oxygen atoms in total. The van der Waals surface area contributed by atoms with Gasteiger partial charge in [-0.1, -0.05) is 17.7 Å². The maximum Gasteiger partial charge on any atom is 0.124 e. The molecular weight excluding hydrogens is 212 g/mol. The second-order valence-corrected chi connectivity index (χ2v) is 3.85. The number of hydrogen-bond donors (Lipinski definition) is 1. The quantitative estimate of drug-likeness (QED) is 0.835. The van der Waals surface area contributed by atoms with Crippen LogP contribution in [0, 0.1) is 0 Å². The maximum absolute atomic E-state index is 6.11. The van der Waals surface area contributed by atoms with Crippen LogP contribution in [0.1, 0.15) is 5.56 Å². The number of nitrogens with zero attached hydrogens (tertiary/aromatic N) is 1. The van der Waals surface area contributed by atoms with E-state index in [0.717, 1.165) is 29.4 Å². The summed E-state index contributed by atoms with van der Waals surface area (Å²) in [7, 11) is 3.66. The van der Waals surface area contributed by atoms with E-state index in [2.05, 4.69) is 4.90 Å². The van der Waals surface area contributed by atoms with Gasteiger partial charge in [0.05, 0.1) is 7.11 Å². The Morgan fingerprint density at radius 1 is 1.47 bits per heavy atom. The van der Waals surface area contributed by atoms with Gasteiger partial charge in [0.2, 0.25) is 0 Å². The van der Waals surface area contributed by atoms with Crippen LogP contribution in [0.2, 0.25) is 5.02 Å². The molecule has 0 spiro atoms. The van der Waals surface area contributed by atoms with E-state index in [1.165, 1.54) is 0 Å². The Kier molecular flexibility index (Phi) is 4.88. The van der Waals surface area contributed by atoms with E-state index >= 15 is 0 Å². The van der Waals surface area contributed by atoms with Gasteiger partial charge in [0, 0.05) is 30.2 Å². The van der Waals surface area contributed by atoms with Crippen molar-refractivity contribution in [2.45, 2.75) is 6.54 Å². The fourth-order valence-electron chi connectivity index (χ4n) is 1.45. The van der Waals surface area contributed by atoms with E-state index in [-0.39, 0.29) is 0 Å². The molecule has 0 bridgehead atoms. The first-order valence-corrected chi connectivity index (χ1v) is 5.26. The third-order valence-corrected chi connectivity index (χ3v) is 2.59. The first-order valence-electron chi connectivity index (χ1n) is 4.89. The molecule has 0 saturated heterocycles. The maximum atomic E-state index is 6.11. The van der Waals surface area contributed by atoms with E-state index in [4.69, 9.17) is 22.1 Å². The average molecular weight is 229 g/mol. The summed E-state index contributed by atoms with van der Waals surface area (Å²) < 4.78 is 5.26. The van der Waals surface area contributed by atoms with Gasteiger partial charge in [0.25, 0.3) is 0 Å². The van der Waals surface area contributed by atoms with E-state index < -0.39 is 0 Å². The topological polar surface area (TPSA) is 38.5 Å². The Balaban J connectivity index is 2.82. The molecule has 15 heavy (non-hydrogen) atoms. The third kappa shape index (κ3) is 3.38. The number of nitrogens with two attached hydrogens (primary N) is 1. The fourth-order valence-corrected chi connectivity index (χ4v) is 1.68. The summed E-state index contributed by atoms with van der Waals surface area (Å²) in [6.07, 6.45) is 0. The molecule has 0 aliphatic carbocycles. The van der Waals surface area contributed by atoms with Crippen LogP contribution in [-0.2, 0) is 6.54 Å². The van der Waals surface area contributed by atoms with Crippen molar-refractivity contribution < 1.29 is 4.74 Å². The van der Waals surface area contributed by atoms with Gasteiger partial charge in [-0.3, -0.25) is 0 Å². The van der Waals surface area contributed by atoms with Crippen LogP contribution in [0.3, 0.4) is 0 Å². The van der Waals surface area contributed by atoms with Gasteiger partial charge in [0.1, 0.15) is 5.75 Å². The number of hydrogen-bond acceptors (Lipinski definition) is 3. The number of ether oxygens (including phenoxy) is 1. The average Bonchev–Trinajstić information content (AvgIpc) is 2.21. The number of benzene rings is 1. The molecule has 0 aliphatic rings. The molecule has 4 heteroatoms. The largest absolute Gasteiger partial charge is 0.496 e. The van der Waals surface area contributed by atoms with Gasteiger partial charge in [-0.05, 0) is 19.2 Å². The van der Waals surface area contributed by atoms with E-state index in [1.54, 1.807) is 7.11 Å². The molecule has 0 heterocycles. The summed E-state index contributed by atoms with van der Waals surface area (Å²) in [5.74, 6) is 0.825. The third-order valence-electron chi connectivity index (χ3n) is 2.23. The lowest BCUT2D eigenvalue weighted by Crippen LogP contribution is -2.25.